The summed E-state index contributed by atoms with van der Waals surface area (Å²) in [5, 5.41) is 3.30. The van der Waals surface area contributed by atoms with Crippen LogP contribution in [0.3, 0.4) is 0 Å². The quantitative estimate of drug-likeness (QED) is 0.889. The van der Waals surface area contributed by atoms with Crippen molar-refractivity contribution in [2.75, 3.05) is 45.7 Å². The van der Waals surface area contributed by atoms with E-state index >= 15 is 0 Å². The minimum Gasteiger partial charge on any atom is -0.497 e. The molecule has 1 aromatic carbocycles. The van der Waals surface area contributed by atoms with Gasteiger partial charge in [-0.3, -0.25) is 4.90 Å². The lowest BCUT2D eigenvalue weighted by atomic mass is 10.1. The summed E-state index contributed by atoms with van der Waals surface area (Å²) in [5.41, 5.74) is 1.25. The van der Waals surface area contributed by atoms with Crippen molar-refractivity contribution in [3.63, 3.8) is 0 Å². The number of hydrogen-bond donors (Lipinski definition) is 1. The standard InChI is InChI=1S/C15H25N3O/c1-12-10-18(14(9-16-2)11-17(12)3)13-6-5-7-15(8-13)19-4/h5-8,12,14,16H,9-11H2,1-4H3. The summed E-state index contributed by atoms with van der Waals surface area (Å²) in [6.45, 7) is 5.41. The Balaban J connectivity index is 2.22. The molecule has 4 heteroatoms. The van der Waals surface area contributed by atoms with Gasteiger partial charge in [-0.1, -0.05) is 6.07 Å². The average molecular weight is 263 g/mol. The number of nitrogens with zero attached hydrogens (tertiary/aromatic N) is 2. The second kappa shape index (κ2) is 6.26. The van der Waals surface area contributed by atoms with Gasteiger partial charge in [-0.25, -0.2) is 0 Å². The van der Waals surface area contributed by atoms with Crippen molar-refractivity contribution in [2.45, 2.75) is 19.0 Å². The summed E-state index contributed by atoms with van der Waals surface area (Å²) in [6.07, 6.45) is 0. The van der Waals surface area contributed by atoms with E-state index in [-0.39, 0.29) is 0 Å². The van der Waals surface area contributed by atoms with Gasteiger partial charge >= 0.3 is 0 Å². The molecule has 19 heavy (non-hydrogen) atoms. The van der Waals surface area contributed by atoms with Gasteiger partial charge in [-0.15, -0.1) is 0 Å². The van der Waals surface area contributed by atoms with E-state index in [4.69, 9.17) is 4.74 Å². The number of piperazine rings is 1. The molecule has 0 amide bonds. The van der Waals surface area contributed by atoms with Crippen LogP contribution in [-0.2, 0) is 0 Å². The van der Waals surface area contributed by atoms with E-state index in [0.717, 1.165) is 25.4 Å². The first kappa shape index (κ1) is 14.2. The molecule has 2 rings (SSSR count). The average Bonchev–Trinajstić information content (AvgIpc) is 2.43. The lowest BCUT2D eigenvalue weighted by Crippen LogP contribution is -2.58. The Bertz CT molecular complexity index is 410. The third-order valence-corrected chi connectivity index (χ3v) is 3.98. The van der Waals surface area contributed by atoms with E-state index in [1.54, 1.807) is 7.11 Å². The fraction of sp³-hybridized carbons (Fsp3) is 0.600. The Morgan fingerprint density at radius 3 is 2.84 bits per heavy atom. The van der Waals surface area contributed by atoms with E-state index in [1.165, 1.54) is 5.69 Å². The molecule has 1 heterocycles. The van der Waals surface area contributed by atoms with Crippen molar-refractivity contribution in [3.05, 3.63) is 24.3 Å². The van der Waals surface area contributed by atoms with E-state index in [0.29, 0.717) is 12.1 Å². The maximum absolute atomic E-state index is 5.34. The summed E-state index contributed by atoms with van der Waals surface area (Å²) in [5.74, 6) is 0.923. The third-order valence-electron chi connectivity index (χ3n) is 3.98. The lowest BCUT2D eigenvalue weighted by Gasteiger charge is -2.45. The van der Waals surface area contributed by atoms with Crippen molar-refractivity contribution in [1.29, 1.82) is 0 Å². The molecule has 1 aliphatic heterocycles. The number of likely N-dealkylation sites (N-methyl/N-ethyl adjacent to an activating group) is 2. The second-order valence-corrected chi connectivity index (χ2v) is 5.35. The molecule has 1 aliphatic rings. The number of benzene rings is 1. The molecule has 0 radical (unpaired) electrons. The van der Waals surface area contributed by atoms with Crippen molar-refractivity contribution < 1.29 is 4.74 Å². The first-order chi connectivity index (χ1) is 9.15. The summed E-state index contributed by atoms with van der Waals surface area (Å²) >= 11 is 0. The highest BCUT2D eigenvalue weighted by Gasteiger charge is 2.29. The van der Waals surface area contributed by atoms with Crippen molar-refractivity contribution in [1.82, 2.24) is 10.2 Å². The number of hydrogen-bond acceptors (Lipinski definition) is 4. The summed E-state index contributed by atoms with van der Waals surface area (Å²) in [6, 6.07) is 9.42. The van der Waals surface area contributed by atoms with Crippen molar-refractivity contribution >= 4 is 5.69 Å². The zero-order chi connectivity index (χ0) is 13.8. The molecule has 1 aromatic rings. The molecule has 0 aromatic heterocycles. The Labute approximate surface area is 116 Å². The summed E-state index contributed by atoms with van der Waals surface area (Å²) in [4.78, 5) is 4.92. The van der Waals surface area contributed by atoms with Crippen LogP contribution in [0.1, 0.15) is 6.92 Å². The molecule has 4 nitrogen and oxygen atoms in total. The first-order valence-electron chi connectivity index (χ1n) is 6.91. The number of nitrogens with one attached hydrogen (secondary N) is 1. The van der Waals surface area contributed by atoms with Gasteiger partial charge in [-0.05, 0) is 33.2 Å². The zero-order valence-electron chi connectivity index (χ0n) is 12.4. The van der Waals surface area contributed by atoms with E-state index in [9.17, 15) is 0 Å². The summed E-state index contributed by atoms with van der Waals surface area (Å²) in [7, 11) is 5.94. The molecule has 1 fully saturated rings. The Morgan fingerprint density at radius 2 is 2.16 bits per heavy atom. The largest absolute Gasteiger partial charge is 0.497 e. The van der Waals surface area contributed by atoms with Crippen LogP contribution in [0.4, 0.5) is 5.69 Å². The fourth-order valence-electron chi connectivity index (χ4n) is 2.70. The van der Waals surface area contributed by atoms with Gasteiger partial charge in [0.1, 0.15) is 5.75 Å². The maximum Gasteiger partial charge on any atom is 0.120 e. The minimum atomic E-state index is 0.498. The van der Waals surface area contributed by atoms with Crippen LogP contribution in [0.25, 0.3) is 0 Å². The smallest absolute Gasteiger partial charge is 0.120 e. The molecule has 0 saturated carbocycles. The first-order valence-corrected chi connectivity index (χ1v) is 6.91. The molecule has 0 bridgehead atoms. The Kier molecular flexibility index (Phi) is 4.66. The lowest BCUT2D eigenvalue weighted by molar-refractivity contribution is 0.198. The highest BCUT2D eigenvalue weighted by Crippen LogP contribution is 2.26. The molecule has 2 unspecified atom stereocenters. The van der Waals surface area contributed by atoms with Crippen LogP contribution in [-0.4, -0.2) is 57.8 Å². The third kappa shape index (κ3) is 3.19. The van der Waals surface area contributed by atoms with Gasteiger partial charge in [0.15, 0.2) is 0 Å². The van der Waals surface area contributed by atoms with Crippen LogP contribution in [0.5, 0.6) is 5.75 Å². The van der Waals surface area contributed by atoms with Gasteiger partial charge in [0.05, 0.1) is 13.2 Å². The van der Waals surface area contributed by atoms with Gasteiger partial charge in [-0.2, -0.15) is 0 Å². The number of methoxy groups -OCH3 is 1. The highest BCUT2D eigenvalue weighted by atomic mass is 16.5. The molecule has 1 saturated heterocycles. The molecular weight excluding hydrogens is 238 g/mol. The Hall–Kier alpha value is -1.26. The van der Waals surface area contributed by atoms with Gasteiger partial charge in [0, 0.05) is 37.4 Å². The second-order valence-electron chi connectivity index (χ2n) is 5.35. The number of anilines is 1. The van der Waals surface area contributed by atoms with E-state index in [2.05, 4.69) is 47.3 Å². The molecule has 1 N–H and O–H groups in total. The molecule has 0 spiro atoms. The van der Waals surface area contributed by atoms with Gasteiger partial charge in [0.2, 0.25) is 0 Å². The predicted octanol–water partition coefficient (Wildman–Crippen LogP) is 1.42. The van der Waals surface area contributed by atoms with Crippen molar-refractivity contribution in [2.24, 2.45) is 0 Å². The number of rotatable bonds is 4. The molecule has 2 atom stereocenters. The van der Waals surface area contributed by atoms with Crippen LogP contribution < -0.4 is 15.0 Å². The molecular formula is C15H25N3O. The number of ether oxygens (including phenoxy) is 1. The highest BCUT2D eigenvalue weighted by molar-refractivity contribution is 5.52. The Morgan fingerprint density at radius 1 is 1.37 bits per heavy atom. The van der Waals surface area contributed by atoms with Crippen LogP contribution >= 0.6 is 0 Å². The van der Waals surface area contributed by atoms with Crippen LogP contribution in [0.15, 0.2) is 24.3 Å². The van der Waals surface area contributed by atoms with Crippen LogP contribution in [0.2, 0.25) is 0 Å². The SMILES string of the molecule is CNCC1CN(C)C(C)CN1c1cccc(OC)c1. The maximum atomic E-state index is 5.34. The van der Waals surface area contributed by atoms with E-state index in [1.807, 2.05) is 13.1 Å². The fourth-order valence-corrected chi connectivity index (χ4v) is 2.70. The molecule has 0 aliphatic carbocycles. The monoisotopic (exact) mass is 263 g/mol. The normalized spacial score (nSPS) is 24.5. The summed E-state index contributed by atoms with van der Waals surface area (Å²) < 4.78 is 5.34. The van der Waals surface area contributed by atoms with Crippen LogP contribution in [0, 0.1) is 0 Å². The zero-order valence-corrected chi connectivity index (χ0v) is 12.4. The topological polar surface area (TPSA) is 27.7 Å². The predicted molar refractivity (Wildman–Crippen MR) is 80.1 cm³/mol. The van der Waals surface area contributed by atoms with Gasteiger partial charge in [0.25, 0.3) is 0 Å². The van der Waals surface area contributed by atoms with E-state index < -0.39 is 0 Å². The van der Waals surface area contributed by atoms with Crippen molar-refractivity contribution in [3.8, 4) is 5.75 Å². The molecule has 106 valence electrons. The van der Waals surface area contributed by atoms with Gasteiger partial charge < -0.3 is 15.0 Å². The minimum absolute atomic E-state index is 0.498.